The van der Waals surface area contributed by atoms with Crippen LogP contribution >= 0.6 is 0 Å². The number of esters is 1. The molecule has 4 nitrogen and oxygen atoms in total. The molecule has 1 aromatic carbocycles. The number of nitrogens with zero attached hydrogens (tertiary/aromatic N) is 1. The first kappa shape index (κ1) is 15.0. The van der Waals surface area contributed by atoms with Crippen LogP contribution in [-0.2, 0) is 11.3 Å². The highest BCUT2D eigenvalue weighted by Gasteiger charge is 2.06. The Morgan fingerprint density at radius 2 is 1.90 bits per heavy atom. The molecule has 21 heavy (non-hydrogen) atoms. The quantitative estimate of drug-likeness (QED) is 0.795. The van der Waals surface area contributed by atoms with Gasteiger partial charge in [-0.1, -0.05) is 19.1 Å². The van der Waals surface area contributed by atoms with Crippen LogP contribution in [0, 0.1) is 5.82 Å². The average molecular weight is 289 g/mol. The van der Waals surface area contributed by atoms with Crippen LogP contribution in [0.15, 0.2) is 47.4 Å². The molecule has 110 valence electrons. The Hall–Kier alpha value is -2.43. The van der Waals surface area contributed by atoms with Crippen molar-refractivity contribution in [3.8, 4) is 0 Å². The molecule has 0 aliphatic heterocycles. The molecule has 0 atom stereocenters. The number of benzene rings is 1. The summed E-state index contributed by atoms with van der Waals surface area (Å²) in [5, 5.41) is 0. The standard InChI is InChI=1S/C16H16FNO3/c1-2-9-21-16(20)13-5-3-12(4-6-13)10-18-11-14(17)7-8-15(18)19/h3-8,11H,2,9-10H2,1H3. The van der Waals surface area contributed by atoms with E-state index in [0.717, 1.165) is 24.2 Å². The molecule has 0 fully saturated rings. The summed E-state index contributed by atoms with van der Waals surface area (Å²) in [6.07, 6.45) is 1.93. The number of hydrogen-bond acceptors (Lipinski definition) is 3. The first-order valence-electron chi connectivity index (χ1n) is 6.72. The Morgan fingerprint density at radius 3 is 2.57 bits per heavy atom. The van der Waals surface area contributed by atoms with Gasteiger partial charge in [0, 0.05) is 12.3 Å². The van der Waals surface area contributed by atoms with E-state index in [0.29, 0.717) is 12.2 Å². The second-order valence-electron chi connectivity index (χ2n) is 4.65. The van der Waals surface area contributed by atoms with Gasteiger partial charge in [0.2, 0.25) is 0 Å². The zero-order valence-corrected chi connectivity index (χ0v) is 11.7. The third-order valence-corrected chi connectivity index (χ3v) is 2.93. The Morgan fingerprint density at radius 1 is 1.19 bits per heavy atom. The molecule has 0 aliphatic carbocycles. The van der Waals surface area contributed by atoms with Gasteiger partial charge in [0.05, 0.1) is 18.7 Å². The number of pyridine rings is 1. The molecular formula is C16H16FNO3. The monoisotopic (exact) mass is 289 g/mol. The van der Waals surface area contributed by atoms with E-state index in [4.69, 9.17) is 4.74 Å². The van der Waals surface area contributed by atoms with Crippen molar-refractivity contribution in [2.24, 2.45) is 0 Å². The first-order chi connectivity index (χ1) is 10.1. The molecule has 0 unspecified atom stereocenters. The van der Waals surface area contributed by atoms with Gasteiger partial charge in [-0.15, -0.1) is 0 Å². The summed E-state index contributed by atoms with van der Waals surface area (Å²) in [5.41, 5.74) is 0.983. The van der Waals surface area contributed by atoms with Crippen LogP contribution in [0.25, 0.3) is 0 Å². The van der Waals surface area contributed by atoms with Gasteiger partial charge < -0.3 is 9.30 Å². The summed E-state index contributed by atoms with van der Waals surface area (Å²) in [6.45, 7) is 2.56. The molecule has 0 radical (unpaired) electrons. The lowest BCUT2D eigenvalue weighted by Crippen LogP contribution is -2.19. The summed E-state index contributed by atoms with van der Waals surface area (Å²) in [6, 6.07) is 9.03. The molecule has 1 heterocycles. The molecular weight excluding hydrogens is 273 g/mol. The molecule has 1 aromatic heterocycles. The van der Waals surface area contributed by atoms with E-state index in [1.165, 1.54) is 10.6 Å². The van der Waals surface area contributed by atoms with E-state index >= 15 is 0 Å². The van der Waals surface area contributed by atoms with Crippen molar-refractivity contribution in [1.29, 1.82) is 0 Å². The normalized spacial score (nSPS) is 10.4. The Balaban J connectivity index is 2.10. The van der Waals surface area contributed by atoms with E-state index < -0.39 is 5.82 Å². The predicted molar refractivity (Wildman–Crippen MR) is 76.8 cm³/mol. The lowest BCUT2D eigenvalue weighted by atomic mass is 10.1. The molecule has 0 aliphatic rings. The van der Waals surface area contributed by atoms with Crippen LogP contribution < -0.4 is 5.56 Å². The third-order valence-electron chi connectivity index (χ3n) is 2.93. The minimum atomic E-state index is -0.464. The molecule has 5 heteroatoms. The number of halogens is 1. The molecule has 0 bridgehead atoms. The Kier molecular flexibility index (Phi) is 4.87. The molecule has 0 amide bonds. The van der Waals surface area contributed by atoms with E-state index in [2.05, 4.69) is 0 Å². The Bertz CT molecular complexity index is 677. The average Bonchev–Trinajstić information content (AvgIpc) is 2.49. The summed E-state index contributed by atoms with van der Waals surface area (Å²) < 4.78 is 19.4. The zero-order valence-electron chi connectivity index (χ0n) is 11.7. The number of ether oxygens (including phenoxy) is 1. The van der Waals surface area contributed by atoms with Crippen molar-refractivity contribution in [1.82, 2.24) is 4.57 Å². The minimum absolute atomic E-state index is 0.251. The highest BCUT2D eigenvalue weighted by molar-refractivity contribution is 5.89. The van der Waals surface area contributed by atoms with Gasteiger partial charge in [0.15, 0.2) is 0 Å². The largest absolute Gasteiger partial charge is 0.462 e. The minimum Gasteiger partial charge on any atom is -0.462 e. The molecule has 0 saturated heterocycles. The summed E-state index contributed by atoms with van der Waals surface area (Å²) in [5.74, 6) is -0.833. The highest BCUT2D eigenvalue weighted by atomic mass is 19.1. The molecule has 0 saturated carbocycles. The van der Waals surface area contributed by atoms with E-state index in [1.807, 2.05) is 6.92 Å². The van der Waals surface area contributed by atoms with Gasteiger partial charge in [-0.2, -0.15) is 0 Å². The second-order valence-corrected chi connectivity index (χ2v) is 4.65. The molecule has 2 aromatic rings. The summed E-state index contributed by atoms with van der Waals surface area (Å²) in [7, 11) is 0. The fourth-order valence-electron chi connectivity index (χ4n) is 1.85. The van der Waals surface area contributed by atoms with Crippen molar-refractivity contribution in [2.75, 3.05) is 6.61 Å². The van der Waals surface area contributed by atoms with Gasteiger partial charge in [-0.3, -0.25) is 4.79 Å². The number of aromatic nitrogens is 1. The number of rotatable bonds is 5. The fraction of sp³-hybridized carbons (Fsp3) is 0.250. The topological polar surface area (TPSA) is 48.3 Å². The van der Waals surface area contributed by atoms with Crippen LogP contribution in [0.4, 0.5) is 4.39 Å². The summed E-state index contributed by atoms with van der Waals surface area (Å²) in [4.78, 5) is 23.2. The third kappa shape index (κ3) is 4.02. The first-order valence-corrected chi connectivity index (χ1v) is 6.72. The maximum Gasteiger partial charge on any atom is 0.338 e. The lowest BCUT2D eigenvalue weighted by Gasteiger charge is -2.07. The van der Waals surface area contributed by atoms with Crippen LogP contribution in [-0.4, -0.2) is 17.1 Å². The van der Waals surface area contributed by atoms with Crippen molar-refractivity contribution in [3.63, 3.8) is 0 Å². The van der Waals surface area contributed by atoms with E-state index in [9.17, 15) is 14.0 Å². The molecule has 0 N–H and O–H groups in total. The maximum absolute atomic E-state index is 13.1. The maximum atomic E-state index is 13.1. The van der Waals surface area contributed by atoms with Gasteiger partial charge in [0.25, 0.3) is 5.56 Å². The Labute approximate surface area is 121 Å². The van der Waals surface area contributed by atoms with Crippen molar-refractivity contribution in [3.05, 3.63) is 69.9 Å². The van der Waals surface area contributed by atoms with Gasteiger partial charge in [0.1, 0.15) is 5.82 Å². The summed E-state index contributed by atoms with van der Waals surface area (Å²) >= 11 is 0. The molecule has 2 rings (SSSR count). The number of hydrogen-bond donors (Lipinski definition) is 0. The SMILES string of the molecule is CCCOC(=O)c1ccc(Cn2cc(F)ccc2=O)cc1. The molecule has 0 spiro atoms. The van der Waals surface area contributed by atoms with Gasteiger partial charge >= 0.3 is 5.97 Å². The fourth-order valence-corrected chi connectivity index (χ4v) is 1.85. The predicted octanol–water partition coefficient (Wildman–Crippen LogP) is 2.60. The number of carbonyl (C=O) groups excluding carboxylic acids is 1. The van der Waals surface area contributed by atoms with Crippen molar-refractivity contribution in [2.45, 2.75) is 19.9 Å². The van der Waals surface area contributed by atoms with Crippen LogP contribution in [0.3, 0.4) is 0 Å². The lowest BCUT2D eigenvalue weighted by molar-refractivity contribution is 0.0505. The van der Waals surface area contributed by atoms with Crippen molar-refractivity contribution < 1.29 is 13.9 Å². The van der Waals surface area contributed by atoms with E-state index in [1.54, 1.807) is 24.3 Å². The zero-order chi connectivity index (χ0) is 15.2. The van der Waals surface area contributed by atoms with Crippen molar-refractivity contribution >= 4 is 5.97 Å². The van der Waals surface area contributed by atoms with Crippen LogP contribution in [0.2, 0.25) is 0 Å². The smallest absolute Gasteiger partial charge is 0.338 e. The van der Waals surface area contributed by atoms with Crippen LogP contribution in [0.1, 0.15) is 29.3 Å². The van der Waals surface area contributed by atoms with Crippen LogP contribution in [0.5, 0.6) is 0 Å². The van der Waals surface area contributed by atoms with Gasteiger partial charge in [-0.05, 0) is 30.2 Å². The number of carbonyl (C=O) groups is 1. The van der Waals surface area contributed by atoms with E-state index in [-0.39, 0.29) is 18.1 Å². The second kappa shape index (κ2) is 6.83. The van der Waals surface area contributed by atoms with Gasteiger partial charge in [-0.25, -0.2) is 9.18 Å². The highest BCUT2D eigenvalue weighted by Crippen LogP contribution is 2.08.